The molecule has 1 aliphatic heterocycles. The molecule has 1 atom stereocenters. The lowest BCUT2D eigenvalue weighted by atomic mass is 10.2. The van der Waals surface area contributed by atoms with Crippen molar-refractivity contribution >= 4 is 17.4 Å². The summed E-state index contributed by atoms with van der Waals surface area (Å²) in [6, 6.07) is 0.418. The number of halogens is 1. The number of hydrogen-bond acceptors (Lipinski definition) is 3. The maximum atomic E-state index is 11.2. The van der Waals surface area contributed by atoms with Crippen molar-refractivity contribution in [1.29, 1.82) is 0 Å². The summed E-state index contributed by atoms with van der Waals surface area (Å²) < 4.78 is 0. The van der Waals surface area contributed by atoms with Gasteiger partial charge < -0.3 is 9.88 Å². The summed E-state index contributed by atoms with van der Waals surface area (Å²) in [5.74, 6) is 0.611. The molecule has 0 spiro atoms. The Morgan fingerprint density at radius 1 is 1.71 bits per heavy atom. The predicted molar refractivity (Wildman–Crippen MR) is 55.9 cm³/mol. The Balaban J connectivity index is 2.41. The highest BCUT2D eigenvalue weighted by atomic mass is 35.5. The number of nitrogens with zero attached hydrogens (tertiary/aromatic N) is 2. The van der Waals surface area contributed by atoms with Crippen molar-refractivity contribution in [3.05, 3.63) is 21.7 Å². The molecule has 1 unspecified atom stereocenters. The van der Waals surface area contributed by atoms with Crippen molar-refractivity contribution in [2.75, 3.05) is 11.4 Å². The van der Waals surface area contributed by atoms with E-state index in [1.54, 1.807) is 0 Å². The minimum Gasteiger partial charge on any atom is -0.352 e. The summed E-state index contributed by atoms with van der Waals surface area (Å²) in [6.07, 6.45) is 3.66. The van der Waals surface area contributed by atoms with Gasteiger partial charge in [-0.3, -0.25) is 4.79 Å². The van der Waals surface area contributed by atoms with Crippen molar-refractivity contribution in [3.8, 4) is 0 Å². The summed E-state index contributed by atoms with van der Waals surface area (Å²) >= 11 is 5.89. The van der Waals surface area contributed by atoms with Gasteiger partial charge >= 0.3 is 0 Å². The van der Waals surface area contributed by atoms with E-state index in [0.717, 1.165) is 19.4 Å². The van der Waals surface area contributed by atoms with Gasteiger partial charge in [-0.25, -0.2) is 4.98 Å². The van der Waals surface area contributed by atoms with Crippen molar-refractivity contribution in [1.82, 2.24) is 9.97 Å². The molecule has 1 aliphatic rings. The van der Waals surface area contributed by atoms with E-state index in [-0.39, 0.29) is 10.6 Å². The second-order valence-corrected chi connectivity index (χ2v) is 3.93. The van der Waals surface area contributed by atoms with Crippen LogP contribution in [-0.4, -0.2) is 22.6 Å². The lowest BCUT2D eigenvalue weighted by Gasteiger charge is -2.22. The third-order valence-corrected chi connectivity index (χ3v) is 2.94. The van der Waals surface area contributed by atoms with Crippen molar-refractivity contribution < 1.29 is 0 Å². The Kier molecular flexibility index (Phi) is 2.46. The number of H-pyrrole nitrogens is 1. The van der Waals surface area contributed by atoms with Crippen molar-refractivity contribution in [3.63, 3.8) is 0 Å². The van der Waals surface area contributed by atoms with E-state index in [9.17, 15) is 4.79 Å². The molecule has 0 bridgehead atoms. The summed E-state index contributed by atoms with van der Waals surface area (Å²) in [5.41, 5.74) is -0.268. The fraction of sp³-hybridized carbons (Fsp3) is 0.556. The van der Waals surface area contributed by atoms with Gasteiger partial charge in [0.15, 0.2) is 5.82 Å². The molecule has 1 aromatic rings. The maximum Gasteiger partial charge on any atom is 0.271 e. The van der Waals surface area contributed by atoms with E-state index in [4.69, 9.17) is 11.6 Å². The Hall–Kier alpha value is -1.03. The highest BCUT2D eigenvalue weighted by molar-refractivity contribution is 6.32. The van der Waals surface area contributed by atoms with Gasteiger partial charge in [-0.05, 0) is 19.8 Å². The number of rotatable bonds is 1. The van der Waals surface area contributed by atoms with Crippen LogP contribution in [0, 0.1) is 0 Å². The third-order valence-electron chi connectivity index (χ3n) is 2.60. The molecule has 14 heavy (non-hydrogen) atoms. The maximum absolute atomic E-state index is 11.2. The van der Waals surface area contributed by atoms with Crippen LogP contribution < -0.4 is 10.5 Å². The summed E-state index contributed by atoms with van der Waals surface area (Å²) in [5, 5.41) is 0.196. The van der Waals surface area contributed by atoms with Crippen LogP contribution in [0.5, 0.6) is 0 Å². The van der Waals surface area contributed by atoms with Crippen LogP contribution in [0.25, 0.3) is 0 Å². The van der Waals surface area contributed by atoms with E-state index >= 15 is 0 Å². The smallest absolute Gasteiger partial charge is 0.271 e. The number of aromatic nitrogens is 2. The average molecular weight is 214 g/mol. The average Bonchev–Trinajstić information content (AvgIpc) is 2.57. The molecule has 0 saturated carbocycles. The Morgan fingerprint density at radius 2 is 2.50 bits per heavy atom. The molecule has 1 saturated heterocycles. The van der Waals surface area contributed by atoms with Gasteiger partial charge in [-0.15, -0.1) is 0 Å². The van der Waals surface area contributed by atoms with Crippen LogP contribution in [0.15, 0.2) is 11.1 Å². The zero-order valence-electron chi connectivity index (χ0n) is 7.96. The molecule has 1 N–H and O–H groups in total. The molecule has 76 valence electrons. The van der Waals surface area contributed by atoms with E-state index in [2.05, 4.69) is 21.8 Å². The first-order valence-electron chi connectivity index (χ1n) is 4.70. The number of aromatic amines is 1. The molecule has 2 rings (SSSR count). The topological polar surface area (TPSA) is 49.0 Å². The van der Waals surface area contributed by atoms with Gasteiger partial charge in [0.25, 0.3) is 5.56 Å². The molecule has 1 fully saturated rings. The summed E-state index contributed by atoms with van der Waals surface area (Å²) in [6.45, 7) is 3.05. The van der Waals surface area contributed by atoms with E-state index in [1.165, 1.54) is 6.33 Å². The van der Waals surface area contributed by atoms with Crippen molar-refractivity contribution in [2.45, 2.75) is 25.8 Å². The van der Waals surface area contributed by atoms with Crippen LogP contribution in [-0.2, 0) is 0 Å². The monoisotopic (exact) mass is 213 g/mol. The SMILES string of the molecule is CC1CCCN1c1nc[nH]c(=O)c1Cl. The lowest BCUT2D eigenvalue weighted by molar-refractivity contribution is 0.725. The van der Waals surface area contributed by atoms with Gasteiger partial charge in [0.05, 0.1) is 6.33 Å². The minimum absolute atomic E-state index is 0.196. The first-order chi connectivity index (χ1) is 6.70. The number of hydrogen-bond donors (Lipinski definition) is 1. The second kappa shape index (κ2) is 3.61. The van der Waals surface area contributed by atoms with Crippen LogP contribution >= 0.6 is 11.6 Å². The lowest BCUT2D eigenvalue weighted by Crippen LogP contribution is -2.29. The van der Waals surface area contributed by atoms with Crippen LogP contribution in [0.2, 0.25) is 5.02 Å². The van der Waals surface area contributed by atoms with E-state index < -0.39 is 0 Å². The quantitative estimate of drug-likeness (QED) is 0.768. The Bertz CT molecular complexity index is 390. The second-order valence-electron chi connectivity index (χ2n) is 3.55. The molecule has 0 amide bonds. The van der Waals surface area contributed by atoms with Crippen LogP contribution in [0.3, 0.4) is 0 Å². The molecule has 5 heteroatoms. The molecule has 0 radical (unpaired) electrons. The highest BCUT2D eigenvalue weighted by Gasteiger charge is 2.24. The summed E-state index contributed by atoms with van der Waals surface area (Å²) in [4.78, 5) is 19.9. The molecule has 0 aromatic carbocycles. The van der Waals surface area contributed by atoms with Gasteiger partial charge in [-0.1, -0.05) is 11.6 Å². The first kappa shape index (κ1) is 9.52. The molecular formula is C9H12ClN3O. The number of anilines is 1. The van der Waals surface area contributed by atoms with E-state index in [1.807, 2.05) is 0 Å². The molecule has 0 aliphatic carbocycles. The molecule has 1 aromatic heterocycles. The standard InChI is InChI=1S/C9H12ClN3O/c1-6-3-2-4-13(6)8-7(10)9(14)12-5-11-8/h5-6H,2-4H2,1H3,(H,11,12,14). The fourth-order valence-electron chi connectivity index (χ4n) is 1.82. The summed E-state index contributed by atoms with van der Waals surface area (Å²) in [7, 11) is 0. The molecular weight excluding hydrogens is 202 g/mol. The largest absolute Gasteiger partial charge is 0.352 e. The molecule has 4 nitrogen and oxygen atoms in total. The normalized spacial score (nSPS) is 21.6. The highest BCUT2D eigenvalue weighted by Crippen LogP contribution is 2.26. The van der Waals surface area contributed by atoms with Gasteiger partial charge in [0, 0.05) is 12.6 Å². The zero-order chi connectivity index (χ0) is 10.1. The Labute approximate surface area is 86.9 Å². The van der Waals surface area contributed by atoms with E-state index in [0.29, 0.717) is 11.9 Å². The van der Waals surface area contributed by atoms with Gasteiger partial charge in [0.2, 0.25) is 0 Å². The predicted octanol–water partition coefficient (Wildman–Crippen LogP) is 1.41. The fourth-order valence-corrected chi connectivity index (χ4v) is 2.03. The molecule has 2 heterocycles. The third kappa shape index (κ3) is 1.50. The minimum atomic E-state index is -0.268. The number of nitrogens with one attached hydrogen (secondary N) is 1. The van der Waals surface area contributed by atoms with Crippen LogP contribution in [0.1, 0.15) is 19.8 Å². The van der Waals surface area contributed by atoms with Gasteiger partial charge in [0.1, 0.15) is 5.02 Å². The van der Waals surface area contributed by atoms with Gasteiger partial charge in [-0.2, -0.15) is 0 Å². The van der Waals surface area contributed by atoms with Crippen LogP contribution in [0.4, 0.5) is 5.82 Å². The zero-order valence-corrected chi connectivity index (χ0v) is 8.71. The Morgan fingerprint density at radius 3 is 3.14 bits per heavy atom. The first-order valence-corrected chi connectivity index (χ1v) is 5.08. The van der Waals surface area contributed by atoms with Crippen molar-refractivity contribution in [2.24, 2.45) is 0 Å².